The van der Waals surface area contributed by atoms with Gasteiger partial charge in [-0.1, -0.05) is 19.3 Å². The molecule has 0 saturated heterocycles. The number of amides is 1. The lowest BCUT2D eigenvalue weighted by molar-refractivity contribution is 0.103. The van der Waals surface area contributed by atoms with Gasteiger partial charge >= 0.3 is 0 Å². The number of fused-ring (bicyclic) bond motifs is 1. The Kier molecular flexibility index (Phi) is 5.13. The average Bonchev–Trinajstić information content (AvgIpc) is 3.29. The third kappa shape index (κ3) is 3.40. The maximum Gasteiger partial charge on any atom is 0.265 e. The molecule has 1 aliphatic carbocycles. The van der Waals surface area contributed by atoms with Crippen LogP contribution in [0, 0.1) is 11.8 Å². The smallest absolute Gasteiger partial charge is 0.265 e. The molecule has 7 nitrogen and oxygen atoms in total. The fourth-order valence-electron chi connectivity index (χ4n) is 3.78. The number of carbonyl (C=O) groups is 1. The molecule has 1 N–H and O–H groups in total. The van der Waals surface area contributed by atoms with Gasteiger partial charge in [0.05, 0.1) is 29.4 Å². The number of ether oxygens (including phenoxy) is 1. The Bertz CT molecular complexity index is 1030. The van der Waals surface area contributed by atoms with E-state index in [1.54, 1.807) is 12.1 Å². The van der Waals surface area contributed by atoms with Gasteiger partial charge in [-0.25, -0.2) is 0 Å². The molecule has 0 aliphatic heterocycles. The zero-order valence-electron chi connectivity index (χ0n) is 15.9. The van der Waals surface area contributed by atoms with Crippen molar-refractivity contribution in [3.05, 3.63) is 39.7 Å². The normalized spacial score (nSPS) is 14.9. The SMILES string of the molecule is COc1cc(N=O)ccc1NC(=O)c1cc2c(C)nn(C3CCCCC3)c2s1. The number of anilines is 1. The highest BCUT2D eigenvalue weighted by molar-refractivity contribution is 7.20. The summed E-state index contributed by atoms with van der Waals surface area (Å²) in [5.41, 5.74) is 1.71. The number of aryl methyl sites for hydroxylation is 1. The second-order valence-electron chi connectivity index (χ2n) is 7.08. The van der Waals surface area contributed by atoms with Crippen LogP contribution < -0.4 is 10.1 Å². The molecule has 1 aliphatic rings. The number of nitrogens with one attached hydrogen (secondary N) is 1. The maximum atomic E-state index is 12.8. The molecule has 1 amide bonds. The Balaban J connectivity index is 1.62. The summed E-state index contributed by atoms with van der Waals surface area (Å²) in [7, 11) is 1.49. The first-order valence-electron chi connectivity index (χ1n) is 9.42. The van der Waals surface area contributed by atoms with Gasteiger partial charge in [0.2, 0.25) is 0 Å². The highest BCUT2D eigenvalue weighted by Crippen LogP contribution is 2.36. The van der Waals surface area contributed by atoms with Crippen molar-refractivity contribution >= 4 is 38.8 Å². The number of benzene rings is 1. The number of nitrogens with zero attached hydrogens (tertiary/aromatic N) is 3. The predicted octanol–water partition coefficient (Wildman–Crippen LogP) is 5.57. The van der Waals surface area contributed by atoms with Gasteiger partial charge < -0.3 is 10.1 Å². The van der Waals surface area contributed by atoms with Crippen LogP contribution in [0.3, 0.4) is 0 Å². The number of hydrogen-bond acceptors (Lipinski definition) is 6. The summed E-state index contributed by atoms with van der Waals surface area (Å²) in [5.74, 6) is 0.192. The highest BCUT2D eigenvalue weighted by Gasteiger charge is 2.23. The molecule has 3 aromatic rings. The number of aromatic nitrogens is 2. The third-order valence-electron chi connectivity index (χ3n) is 5.25. The summed E-state index contributed by atoms with van der Waals surface area (Å²) < 4.78 is 7.38. The van der Waals surface area contributed by atoms with Gasteiger partial charge in [-0.3, -0.25) is 9.48 Å². The van der Waals surface area contributed by atoms with Crippen molar-refractivity contribution in [2.45, 2.75) is 45.1 Å². The number of nitroso groups, excluding NO2 is 1. The Morgan fingerprint density at radius 1 is 1.29 bits per heavy atom. The summed E-state index contributed by atoms with van der Waals surface area (Å²) in [5, 5.41) is 11.5. The Morgan fingerprint density at radius 2 is 2.07 bits per heavy atom. The van der Waals surface area contributed by atoms with E-state index in [9.17, 15) is 9.70 Å². The van der Waals surface area contributed by atoms with Gasteiger partial charge in [0.15, 0.2) is 0 Å². The van der Waals surface area contributed by atoms with E-state index in [1.807, 2.05) is 13.0 Å². The van der Waals surface area contributed by atoms with E-state index in [1.165, 1.54) is 43.8 Å². The first-order valence-corrected chi connectivity index (χ1v) is 10.2. The monoisotopic (exact) mass is 398 g/mol. The lowest BCUT2D eigenvalue weighted by Crippen LogP contribution is -2.14. The van der Waals surface area contributed by atoms with Crippen molar-refractivity contribution < 1.29 is 9.53 Å². The van der Waals surface area contributed by atoms with Gasteiger partial charge in [0, 0.05) is 11.5 Å². The quantitative estimate of drug-likeness (QED) is 0.569. The molecule has 28 heavy (non-hydrogen) atoms. The molecular formula is C20H22N4O3S. The van der Waals surface area contributed by atoms with E-state index >= 15 is 0 Å². The zero-order valence-corrected chi connectivity index (χ0v) is 16.7. The molecule has 2 heterocycles. The van der Waals surface area contributed by atoms with Crippen LogP contribution in [0.25, 0.3) is 10.2 Å². The van der Waals surface area contributed by atoms with E-state index in [2.05, 4.69) is 15.2 Å². The summed E-state index contributed by atoms with van der Waals surface area (Å²) in [4.78, 5) is 25.2. The summed E-state index contributed by atoms with van der Waals surface area (Å²) in [6.45, 7) is 1.99. The summed E-state index contributed by atoms with van der Waals surface area (Å²) in [6.07, 6.45) is 6.04. The van der Waals surface area contributed by atoms with Crippen molar-refractivity contribution in [3.8, 4) is 5.75 Å². The minimum Gasteiger partial charge on any atom is -0.494 e. The first kappa shape index (κ1) is 18.6. The van der Waals surface area contributed by atoms with E-state index in [-0.39, 0.29) is 11.6 Å². The van der Waals surface area contributed by atoms with Gasteiger partial charge in [0.25, 0.3) is 5.91 Å². The van der Waals surface area contributed by atoms with Crippen molar-refractivity contribution in [2.75, 3.05) is 12.4 Å². The number of hydrogen-bond donors (Lipinski definition) is 1. The van der Waals surface area contributed by atoms with Gasteiger partial charge in [-0.15, -0.1) is 16.2 Å². The van der Waals surface area contributed by atoms with Crippen molar-refractivity contribution in [3.63, 3.8) is 0 Å². The number of carbonyl (C=O) groups excluding carboxylic acids is 1. The fourth-order valence-corrected chi connectivity index (χ4v) is 4.91. The first-order chi connectivity index (χ1) is 13.6. The van der Waals surface area contributed by atoms with Crippen molar-refractivity contribution in [2.24, 2.45) is 5.18 Å². The van der Waals surface area contributed by atoms with E-state index in [0.29, 0.717) is 22.4 Å². The molecule has 8 heteroatoms. The van der Waals surface area contributed by atoms with Gasteiger partial charge in [-0.05, 0) is 43.1 Å². The summed E-state index contributed by atoms with van der Waals surface area (Å²) in [6, 6.07) is 6.99. The van der Waals surface area contributed by atoms with Crippen LogP contribution in [0.5, 0.6) is 5.75 Å². The van der Waals surface area contributed by atoms with Crippen LogP contribution in [0.1, 0.15) is 53.5 Å². The molecule has 0 radical (unpaired) electrons. The van der Waals surface area contributed by atoms with Crippen LogP contribution in [-0.2, 0) is 0 Å². The van der Waals surface area contributed by atoms with E-state index < -0.39 is 0 Å². The minimum absolute atomic E-state index is 0.207. The van der Waals surface area contributed by atoms with Crippen LogP contribution in [-0.4, -0.2) is 22.8 Å². The third-order valence-corrected chi connectivity index (χ3v) is 6.37. The second-order valence-corrected chi connectivity index (χ2v) is 8.11. The lowest BCUT2D eigenvalue weighted by Gasteiger charge is -2.22. The Morgan fingerprint density at radius 3 is 2.79 bits per heavy atom. The molecule has 0 unspecified atom stereocenters. The zero-order chi connectivity index (χ0) is 19.7. The maximum absolute atomic E-state index is 12.8. The topological polar surface area (TPSA) is 85.6 Å². The molecular weight excluding hydrogens is 376 g/mol. The number of rotatable bonds is 5. The molecule has 0 bridgehead atoms. The molecule has 1 aromatic carbocycles. The minimum atomic E-state index is -0.207. The van der Waals surface area contributed by atoms with E-state index in [0.717, 1.165) is 28.8 Å². The Labute approximate surface area is 166 Å². The van der Waals surface area contributed by atoms with Crippen LogP contribution in [0.4, 0.5) is 11.4 Å². The molecule has 146 valence electrons. The second kappa shape index (κ2) is 7.71. The van der Waals surface area contributed by atoms with Crippen LogP contribution in [0.15, 0.2) is 29.4 Å². The lowest BCUT2D eigenvalue weighted by atomic mass is 9.96. The van der Waals surface area contributed by atoms with Crippen LogP contribution in [0.2, 0.25) is 0 Å². The number of thiophene rings is 1. The molecule has 0 atom stereocenters. The van der Waals surface area contributed by atoms with Crippen molar-refractivity contribution in [1.82, 2.24) is 9.78 Å². The fraction of sp³-hybridized carbons (Fsp3) is 0.400. The van der Waals surface area contributed by atoms with E-state index in [4.69, 9.17) is 9.84 Å². The summed E-state index contributed by atoms with van der Waals surface area (Å²) >= 11 is 1.47. The molecule has 1 fully saturated rings. The number of methoxy groups -OCH3 is 1. The predicted molar refractivity (Wildman–Crippen MR) is 111 cm³/mol. The molecule has 4 rings (SSSR count). The highest BCUT2D eigenvalue weighted by atomic mass is 32.1. The average molecular weight is 398 g/mol. The van der Waals surface area contributed by atoms with Gasteiger partial charge in [-0.2, -0.15) is 5.10 Å². The van der Waals surface area contributed by atoms with Crippen molar-refractivity contribution in [1.29, 1.82) is 0 Å². The largest absolute Gasteiger partial charge is 0.494 e. The molecule has 0 spiro atoms. The molecule has 2 aromatic heterocycles. The Hall–Kier alpha value is -2.74. The standard InChI is InChI=1S/C20H22N4O3S/c1-12-15-11-18(28-20(15)24(22-12)14-6-4-3-5-7-14)19(25)21-16-9-8-13(23-26)10-17(16)27-2/h8-11,14H,3-7H2,1-2H3,(H,21,25). The van der Waals surface area contributed by atoms with Crippen LogP contribution >= 0.6 is 11.3 Å². The van der Waals surface area contributed by atoms with Gasteiger partial charge in [0.1, 0.15) is 16.3 Å². The molecule has 1 saturated carbocycles.